The van der Waals surface area contributed by atoms with Crippen molar-refractivity contribution in [2.45, 2.75) is 6.18 Å². The van der Waals surface area contributed by atoms with Gasteiger partial charge in [-0.15, -0.1) is 0 Å². The van der Waals surface area contributed by atoms with Crippen LogP contribution in [0.25, 0.3) is 0 Å². The van der Waals surface area contributed by atoms with Crippen LogP contribution in [0.5, 0.6) is 0 Å². The summed E-state index contributed by atoms with van der Waals surface area (Å²) in [5.41, 5.74) is -0.0990. The molecule has 140 valence electrons. The number of allylic oxidation sites excluding steroid dienone is 2. The van der Waals surface area contributed by atoms with Gasteiger partial charge in [-0.1, -0.05) is 35.9 Å². The summed E-state index contributed by atoms with van der Waals surface area (Å²) in [5, 5.41) is 5.46. The normalized spacial score (nSPS) is 13.9. The predicted molar refractivity (Wildman–Crippen MR) is 93.9 cm³/mol. The highest BCUT2D eigenvalue weighted by molar-refractivity contribution is 6.33. The van der Waals surface area contributed by atoms with E-state index in [1.54, 1.807) is 24.3 Å². The number of anilines is 1. The molecule has 2 N–H and O–H groups in total. The molecule has 0 saturated carbocycles. The predicted octanol–water partition coefficient (Wildman–Crippen LogP) is 3.72. The molecule has 1 aromatic heterocycles. The van der Waals surface area contributed by atoms with E-state index in [0.29, 0.717) is 17.3 Å². The van der Waals surface area contributed by atoms with Gasteiger partial charge in [-0.05, 0) is 6.07 Å². The molecule has 0 unspecified atom stereocenters. The minimum absolute atomic E-state index is 0.0943. The lowest BCUT2D eigenvalue weighted by Crippen LogP contribution is -2.30. The molecule has 0 atom stereocenters. The Morgan fingerprint density at radius 1 is 1.04 bits per heavy atom. The number of nitrogens with one attached hydrogen (secondary N) is 2. The minimum atomic E-state index is -4.52. The van der Waals surface area contributed by atoms with Crippen LogP contribution in [0.4, 0.5) is 19.0 Å². The molecule has 2 aromatic rings. The number of pyridine rings is 1. The van der Waals surface area contributed by atoms with Gasteiger partial charge in [0, 0.05) is 36.5 Å². The monoisotopic (exact) mass is 395 g/mol. The Kier molecular flexibility index (Phi) is 5.18. The first kappa shape index (κ1) is 18.9. The summed E-state index contributed by atoms with van der Waals surface area (Å²) in [6.07, 6.45) is -2.61. The molecule has 0 aliphatic heterocycles. The lowest BCUT2D eigenvalue weighted by atomic mass is 9.93. The third kappa shape index (κ3) is 4.11. The van der Waals surface area contributed by atoms with Gasteiger partial charge in [-0.2, -0.15) is 13.2 Å². The molecule has 0 bridgehead atoms. The molecule has 9 heteroatoms. The summed E-state index contributed by atoms with van der Waals surface area (Å²) in [6, 6.07) is 7.30. The van der Waals surface area contributed by atoms with Crippen molar-refractivity contribution in [1.82, 2.24) is 10.3 Å². The maximum Gasteiger partial charge on any atom is 0.417 e. The quantitative estimate of drug-likeness (QED) is 0.755. The van der Waals surface area contributed by atoms with Crippen LogP contribution in [0.1, 0.15) is 26.3 Å². The van der Waals surface area contributed by atoms with Crippen molar-refractivity contribution in [3.63, 3.8) is 0 Å². The largest absolute Gasteiger partial charge is 0.417 e. The molecule has 0 radical (unpaired) electrons. The molecule has 1 aliphatic rings. The SMILES string of the molecule is O=C1C=C(NCCNc2ncc(C(F)(F)F)cc2Cl)C(=O)c2ccccc21. The summed E-state index contributed by atoms with van der Waals surface area (Å²) < 4.78 is 37.8. The van der Waals surface area contributed by atoms with Gasteiger partial charge in [-0.25, -0.2) is 4.98 Å². The van der Waals surface area contributed by atoms with Gasteiger partial charge < -0.3 is 10.6 Å². The van der Waals surface area contributed by atoms with Gasteiger partial charge in [0.25, 0.3) is 0 Å². The number of carbonyl (C=O) groups excluding carboxylic acids is 2. The van der Waals surface area contributed by atoms with Crippen LogP contribution >= 0.6 is 11.6 Å². The average molecular weight is 396 g/mol. The maximum atomic E-state index is 12.6. The Labute approximate surface area is 157 Å². The number of rotatable bonds is 5. The Morgan fingerprint density at radius 3 is 2.37 bits per heavy atom. The zero-order valence-corrected chi connectivity index (χ0v) is 14.5. The van der Waals surface area contributed by atoms with Crippen molar-refractivity contribution in [1.29, 1.82) is 0 Å². The second-order valence-electron chi connectivity index (χ2n) is 5.70. The third-order valence-electron chi connectivity index (χ3n) is 3.86. The number of aromatic nitrogens is 1. The molecule has 0 saturated heterocycles. The van der Waals surface area contributed by atoms with Crippen LogP contribution in [0.3, 0.4) is 0 Å². The lowest BCUT2D eigenvalue weighted by molar-refractivity contribution is -0.137. The smallest absolute Gasteiger partial charge is 0.380 e. The Hall–Kier alpha value is -2.87. The molecular formula is C18H13ClF3N3O2. The molecule has 5 nitrogen and oxygen atoms in total. The first-order valence-corrected chi connectivity index (χ1v) is 8.25. The van der Waals surface area contributed by atoms with E-state index in [2.05, 4.69) is 15.6 Å². The van der Waals surface area contributed by atoms with Gasteiger partial charge in [0.15, 0.2) is 5.78 Å². The van der Waals surface area contributed by atoms with E-state index < -0.39 is 11.7 Å². The number of fused-ring (bicyclic) bond motifs is 1. The number of nitrogens with zero attached hydrogens (tertiary/aromatic N) is 1. The van der Waals surface area contributed by atoms with Crippen LogP contribution in [0.15, 0.2) is 48.3 Å². The second-order valence-corrected chi connectivity index (χ2v) is 6.11. The number of carbonyl (C=O) groups is 2. The zero-order chi connectivity index (χ0) is 19.6. The summed E-state index contributed by atoms with van der Waals surface area (Å²) in [5.74, 6) is -0.471. The summed E-state index contributed by atoms with van der Waals surface area (Å²) in [6.45, 7) is 0.449. The molecule has 3 rings (SSSR count). The van der Waals surface area contributed by atoms with Crippen LogP contribution in [-0.4, -0.2) is 29.6 Å². The van der Waals surface area contributed by atoms with Gasteiger partial charge >= 0.3 is 6.18 Å². The van der Waals surface area contributed by atoms with Gasteiger partial charge in [0.1, 0.15) is 5.82 Å². The number of benzene rings is 1. The minimum Gasteiger partial charge on any atom is -0.380 e. The third-order valence-corrected chi connectivity index (χ3v) is 4.15. The highest BCUT2D eigenvalue weighted by atomic mass is 35.5. The van der Waals surface area contributed by atoms with Crippen molar-refractivity contribution in [3.8, 4) is 0 Å². The molecule has 27 heavy (non-hydrogen) atoms. The van der Waals surface area contributed by atoms with Crippen molar-refractivity contribution < 1.29 is 22.8 Å². The fourth-order valence-electron chi connectivity index (χ4n) is 2.55. The maximum absolute atomic E-state index is 12.6. The highest BCUT2D eigenvalue weighted by Crippen LogP contribution is 2.32. The number of ketones is 2. The number of alkyl halides is 3. The molecule has 0 fully saturated rings. The standard InChI is InChI=1S/C18H13ClF3N3O2/c19-13-7-10(18(20,21)22)9-25-17(13)24-6-5-23-14-8-15(26)11-3-1-2-4-12(11)16(14)27/h1-4,7-9,23H,5-6H2,(H,24,25). The van der Waals surface area contributed by atoms with Crippen molar-refractivity contribution in [2.24, 2.45) is 0 Å². The topological polar surface area (TPSA) is 71.1 Å². The van der Waals surface area contributed by atoms with E-state index in [1.807, 2.05) is 0 Å². The number of hydrogen-bond acceptors (Lipinski definition) is 5. The van der Waals surface area contributed by atoms with Gasteiger partial charge in [0.05, 0.1) is 16.3 Å². The first-order chi connectivity index (χ1) is 12.8. The number of halogens is 4. The molecule has 1 aliphatic carbocycles. The second kappa shape index (κ2) is 7.40. The number of hydrogen-bond donors (Lipinski definition) is 2. The van der Waals surface area contributed by atoms with E-state index in [-0.39, 0.29) is 41.2 Å². The summed E-state index contributed by atoms with van der Waals surface area (Å²) >= 11 is 5.81. The zero-order valence-electron chi connectivity index (χ0n) is 13.7. The molecule has 1 aromatic carbocycles. The fourth-order valence-corrected chi connectivity index (χ4v) is 2.78. The molecule has 0 spiro atoms. The molecular weight excluding hydrogens is 383 g/mol. The highest BCUT2D eigenvalue weighted by Gasteiger charge is 2.31. The van der Waals surface area contributed by atoms with Crippen LogP contribution < -0.4 is 10.6 Å². The van der Waals surface area contributed by atoms with Crippen molar-refractivity contribution >= 4 is 29.0 Å². The van der Waals surface area contributed by atoms with Crippen LogP contribution in [0.2, 0.25) is 5.02 Å². The average Bonchev–Trinajstić information content (AvgIpc) is 2.63. The van der Waals surface area contributed by atoms with Crippen molar-refractivity contribution in [2.75, 3.05) is 18.4 Å². The van der Waals surface area contributed by atoms with Gasteiger partial charge in [0.2, 0.25) is 5.78 Å². The van der Waals surface area contributed by atoms with E-state index in [4.69, 9.17) is 11.6 Å². The Bertz CT molecular complexity index is 942. The molecule has 1 heterocycles. The Balaban J connectivity index is 1.58. The van der Waals surface area contributed by atoms with Crippen LogP contribution in [-0.2, 0) is 6.18 Å². The van der Waals surface area contributed by atoms with E-state index in [1.165, 1.54) is 6.08 Å². The van der Waals surface area contributed by atoms with Gasteiger partial charge in [-0.3, -0.25) is 9.59 Å². The van der Waals surface area contributed by atoms with E-state index >= 15 is 0 Å². The molecule has 0 amide bonds. The fraction of sp³-hybridized carbons (Fsp3) is 0.167. The summed E-state index contributed by atoms with van der Waals surface area (Å²) in [4.78, 5) is 28.1. The number of Topliss-reactive ketones (excluding diaryl/α,β-unsaturated/α-hetero) is 1. The van der Waals surface area contributed by atoms with Crippen molar-refractivity contribution in [3.05, 3.63) is 70.0 Å². The summed E-state index contributed by atoms with van der Waals surface area (Å²) in [7, 11) is 0. The van der Waals surface area contributed by atoms with E-state index in [0.717, 1.165) is 6.07 Å². The Morgan fingerprint density at radius 2 is 1.70 bits per heavy atom. The lowest BCUT2D eigenvalue weighted by Gasteiger charge is -2.17. The van der Waals surface area contributed by atoms with E-state index in [9.17, 15) is 22.8 Å². The van der Waals surface area contributed by atoms with Crippen LogP contribution in [0, 0.1) is 0 Å². The first-order valence-electron chi connectivity index (χ1n) is 7.87.